The van der Waals surface area contributed by atoms with Crippen molar-refractivity contribution in [1.29, 1.82) is 0 Å². The number of aromatic amines is 1. The molecule has 4 heterocycles. The summed E-state index contributed by atoms with van der Waals surface area (Å²) >= 11 is 0. The molecular weight excluding hydrogens is 364 g/mol. The Morgan fingerprint density at radius 2 is 2.10 bits per heavy atom. The van der Waals surface area contributed by atoms with E-state index in [9.17, 15) is 4.79 Å². The fourth-order valence-electron chi connectivity index (χ4n) is 4.37. The van der Waals surface area contributed by atoms with Gasteiger partial charge in [0.15, 0.2) is 5.65 Å². The second-order valence-corrected chi connectivity index (χ2v) is 7.86. The summed E-state index contributed by atoms with van der Waals surface area (Å²) in [6, 6.07) is 10.7. The van der Waals surface area contributed by atoms with Crippen molar-refractivity contribution < 1.29 is 4.79 Å². The molecule has 0 aliphatic carbocycles. The number of hydrogen-bond acceptors (Lipinski definition) is 4. The Kier molecular flexibility index (Phi) is 4.04. The highest BCUT2D eigenvalue weighted by atomic mass is 16.1. The number of rotatable bonds is 3. The lowest BCUT2D eigenvalue weighted by Crippen LogP contribution is -2.35. The van der Waals surface area contributed by atoms with Gasteiger partial charge >= 0.3 is 0 Å². The first kappa shape index (κ1) is 17.7. The molecule has 5 rings (SSSR count). The normalized spacial score (nSPS) is 16.8. The summed E-state index contributed by atoms with van der Waals surface area (Å²) in [6.07, 6.45) is 2.89. The summed E-state index contributed by atoms with van der Waals surface area (Å²) < 4.78 is 1.97. The maximum Gasteiger partial charge on any atom is 0.217 e. The molecule has 1 aromatic carbocycles. The van der Waals surface area contributed by atoms with Gasteiger partial charge in [0.2, 0.25) is 5.91 Å². The molecule has 1 saturated heterocycles. The minimum absolute atomic E-state index is 0.0200. The van der Waals surface area contributed by atoms with Gasteiger partial charge in [-0.1, -0.05) is 12.1 Å². The van der Waals surface area contributed by atoms with Crippen molar-refractivity contribution in [3.8, 4) is 11.3 Å². The second-order valence-electron chi connectivity index (χ2n) is 7.86. The van der Waals surface area contributed by atoms with E-state index in [1.807, 2.05) is 24.6 Å². The number of aryl methyl sites for hydroxylation is 2. The third-order valence-corrected chi connectivity index (χ3v) is 5.63. The van der Waals surface area contributed by atoms with Crippen LogP contribution in [0.4, 0.5) is 5.69 Å². The summed E-state index contributed by atoms with van der Waals surface area (Å²) in [6.45, 7) is 7.29. The van der Waals surface area contributed by atoms with Gasteiger partial charge in [-0.25, -0.2) is 9.50 Å². The van der Waals surface area contributed by atoms with Crippen LogP contribution in [0.1, 0.15) is 24.7 Å². The first-order valence-electron chi connectivity index (χ1n) is 9.96. The van der Waals surface area contributed by atoms with Gasteiger partial charge in [0.05, 0.1) is 22.8 Å². The number of imidazole rings is 1. The maximum atomic E-state index is 11.4. The minimum Gasteiger partial charge on any atom is -0.366 e. The van der Waals surface area contributed by atoms with E-state index in [1.54, 1.807) is 6.92 Å². The van der Waals surface area contributed by atoms with E-state index in [-0.39, 0.29) is 11.9 Å². The Morgan fingerprint density at radius 3 is 2.93 bits per heavy atom. The van der Waals surface area contributed by atoms with Gasteiger partial charge in [0.1, 0.15) is 0 Å². The SMILES string of the molecule is CC(=O)NC1CCN(c2cc(C)nn3c(-c4ccc5cc[nH]c5c4)c(C)nc23)C1. The fraction of sp³-hybridized carbons (Fsp3) is 0.318. The summed E-state index contributed by atoms with van der Waals surface area (Å²) in [5.41, 5.74) is 7.02. The number of anilines is 1. The van der Waals surface area contributed by atoms with Crippen molar-refractivity contribution in [2.24, 2.45) is 0 Å². The third-order valence-electron chi connectivity index (χ3n) is 5.63. The minimum atomic E-state index is 0.0200. The Labute approximate surface area is 168 Å². The van der Waals surface area contributed by atoms with Crippen LogP contribution in [0.2, 0.25) is 0 Å². The van der Waals surface area contributed by atoms with Gasteiger partial charge < -0.3 is 15.2 Å². The molecule has 0 bridgehead atoms. The predicted molar refractivity (Wildman–Crippen MR) is 114 cm³/mol. The van der Waals surface area contributed by atoms with Crippen molar-refractivity contribution in [3.63, 3.8) is 0 Å². The maximum absolute atomic E-state index is 11.4. The Bertz CT molecular complexity index is 1240. The number of carbonyl (C=O) groups is 1. The van der Waals surface area contributed by atoms with Gasteiger partial charge in [-0.05, 0) is 43.9 Å². The second kappa shape index (κ2) is 6.62. The van der Waals surface area contributed by atoms with Crippen LogP contribution in [0.3, 0.4) is 0 Å². The van der Waals surface area contributed by atoms with E-state index in [2.05, 4.69) is 45.5 Å². The average molecular weight is 388 g/mol. The zero-order chi connectivity index (χ0) is 20.1. The lowest BCUT2D eigenvalue weighted by atomic mass is 10.1. The van der Waals surface area contributed by atoms with Crippen LogP contribution >= 0.6 is 0 Å². The van der Waals surface area contributed by atoms with E-state index in [4.69, 9.17) is 10.1 Å². The Morgan fingerprint density at radius 1 is 1.24 bits per heavy atom. The first-order valence-corrected chi connectivity index (χ1v) is 9.96. The fourth-order valence-corrected chi connectivity index (χ4v) is 4.37. The Hall–Kier alpha value is -3.35. The molecule has 1 amide bonds. The first-order chi connectivity index (χ1) is 14.0. The van der Waals surface area contributed by atoms with E-state index in [0.717, 1.165) is 59.0 Å². The van der Waals surface area contributed by atoms with E-state index >= 15 is 0 Å². The number of amides is 1. The monoisotopic (exact) mass is 388 g/mol. The van der Waals surface area contributed by atoms with Crippen molar-refractivity contribution in [3.05, 3.63) is 47.9 Å². The van der Waals surface area contributed by atoms with Crippen molar-refractivity contribution >= 4 is 28.1 Å². The zero-order valence-corrected chi connectivity index (χ0v) is 16.9. The number of aromatic nitrogens is 4. The third kappa shape index (κ3) is 3.03. The van der Waals surface area contributed by atoms with Crippen LogP contribution in [-0.2, 0) is 4.79 Å². The number of carbonyl (C=O) groups excluding carboxylic acids is 1. The highest BCUT2D eigenvalue weighted by Crippen LogP contribution is 2.32. The zero-order valence-electron chi connectivity index (χ0n) is 16.9. The van der Waals surface area contributed by atoms with Gasteiger partial charge in [-0.15, -0.1) is 0 Å². The number of nitrogens with one attached hydrogen (secondary N) is 2. The van der Waals surface area contributed by atoms with E-state index in [1.165, 1.54) is 5.39 Å². The van der Waals surface area contributed by atoms with Crippen molar-refractivity contribution in [1.82, 2.24) is 24.9 Å². The molecule has 1 fully saturated rings. The molecule has 1 aliphatic heterocycles. The molecule has 7 nitrogen and oxygen atoms in total. The number of benzene rings is 1. The lowest BCUT2D eigenvalue weighted by molar-refractivity contribution is -0.119. The topological polar surface area (TPSA) is 78.3 Å². The van der Waals surface area contributed by atoms with Crippen molar-refractivity contribution in [2.75, 3.05) is 18.0 Å². The van der Waals surface area contributed by atoms with Gasteiger partial charge in [-0.2, -0.15) is 5.10 Å². The van der Waals surface area contributed by atoms with Crippen LogP contribution in [0, 0.1) is 13.8 Å². The molecular formula is C22H24N6O. The van der Waals surface area contributed by atoms with Gasteiger partial charge in [0.25, 0.3) is 0 Å². The largest absolute Gasteiger partial charge is 0.366 e. The molecule has 4 aromatic rings. The summed E-state index contributed by atoms with van der Waals surface area (Å²) in [5.74, 6) is 0.0200. The lowest BCUT2D eigenvalue weighted by Gasteiger charge is -2.20. The molecule has 1 aliphatic rings. The number of nitrogens with zero attached hydrogens (tertiary/aromatic N) is 4. The number of hydrogen-bond donors (Lipinski definition) is 2. The van der Waals surface area contributed by atoms with Gasteiger partial charge in [0, 0.05) is 43.3 Å². The molecule has 0 radical (unpaired) electrons. The predicted octanol–water partition coefficient (Wildman–Crippen LogP) is 3.21. The summed E-state index contributed by atoms with van der Waals surface area (Å²) in [5, 5.41) is 9.01. The van der Waals surface area contributed by atoms with E-state index < -0.39 is 0 Å². The summed E-state index contributed by atoms with van der Waals surface area (Å²) in [4.78, 5) is 21.9. The smallest absolute Gasteiger partial charge is 0.217 e. The van der Waals surface area contributed by atoms with Crippen LogP contribution < -0.4 is 10.2 Å². The van der Waals surface area contributed by atoms with Crippen LogP contribution in [0.25, 0.3) is 27.8 Å². The van der Waals surface area contributed by atoms with Crippen molar-refractivity contribution in [2.45, 2.75) is 33.2 Å². The molecule has 1 unspecified atom stereocenters. The molecule has 3 aromatic heterocycles. The average Bonchev–Trinajstić information content (AvgIpc) is 3.38. The highest BCUT2D eigenvalue weighted by Gasteiger charge is 2.26. The molecule has 2 N–H and O–H groups in total. The molecule has 0 spiro atoms. The standard InChI is InChI=1S/C22H24N6O/c1-13-10-20(27-9-7-18(12-27)25-15(3)29)22-24-14(2)21(28(22)26-13)17-5-4-16-6-8-23-19(16)11-17/h4-6,8,10-11,18,23H,7,9,12H2,1-3H3,(H,25,29). The van der Waals surface area contributed by atoms with Crippen LogP contribution in [0.5, 0.6) is 0 Å². The number of H-pyrrole nitrogens is 1. The Balaban J connectivity index is 1.61. The van der Waals surface area contributed by atoms with E-state index in [0.29, 0.717) is 0 Å². The molecule has 1 atom stereocenters. The quantitative estimate of drug-likeness (QED) is 0.565. The molecule has 7 heteroatoms. The van der Waals surface area contributed by atoms with Crippen LogP contribution in [-0.4, -0.2) is 44.6 Å². The highest BCUT2D eigenvalue weighted by molar-refractivity contribution is 5.85. The van der Waals surface area contributed by atoms with Gasteiger partial charge in [-0.3, -0.25) is 4.79 Å². The molecule has 0 saturated carbocycles. The molecule has 29 heavy (non-hydrogen) atoms. The summed E-state index contributed by atoms with van der Waals surface area (Å²) in [7, 11) is 0. The molecule has 148 valence electrons. The van der Waals surface area contributed by atoms with Crippen LogP contribution in [0.15, 0.2) is 36.5 Å². The number of fused-ring (bicyclic) bond motifs is 2.